The van der Waals surface area contributed by atoms with E-state index in [1.807, 2.05) is 0 Å². The van der Waals surface area contributed by atoms with Crippen LogP contribution in [-0.2, 0) is 19.6 Å². The summed E-state index contributed by atoms with van der Waals surface area (Å²) >= 11 is 9.25. The average Bonchev–Trinajstić information content (AvgIpc) is 2.54. The van der Waals surface area contributed by atoms with Crippen LogP contribution in [0.25, 0.3) is 0 Å². The van der Waals surface area contributed by atoms with E-state index in [1.54, 1.807) is 18.2 Å². The second-order valence-corrected chi connectivity index (χ2v) is 8.27. The van der Waals surface area contributed by atoms with E-state index in [-0.39, 0.29) is 11.3 Å². The van der Waals surface area contributed by atoms with Crippen LogP contribution in [0.1, 0.15) is 10.4 Å². The predicted molar refractivity (Wildman–Crippen MR) is 103 cm³/mol. The van der Waals surface area contributed by atoms with E-state index >= 15 is 0 Å². The van der Waals surface area contributed by atoms with Gasteiger partial charge in [-0.3, -0.25) is 9.52 Å². The van der Waals surface area contributed by atoms with E-state index in [9.17, 15) is 18.0 Å². The first-order chi connectivity index (χ1) is 12.1. The van der Waals surface area contributed by atoms with Gasteiger partial charge in [-0.05, 0) is 36.4 Å². The van der Waals surface area contributed by atoms with Crippen LogP contribution in [0.2, 0.25) is 5.02 Å². The third kappa shape index (κ3) is 6.32. The Morgan fingerprint density at radius 3 is 2.58 bits per heavy atom. The maximum atomic E-state index is 12.0. The average molecular weight is 462 g/mol. The Hall–Kier alpha value is -2.10. The largest absolute Gasteiger partial charge is 0.452 e. The van der Waals surface area contributed by atoms with Crippen molar-refractivity contribution in [3.8, 4) is 0 Å². The molecule has 138 valence electrons. The molecule has 0 aliphatic heterocycles. The molecule has 0 unspecified atom stereocenters. The quantitative estimate of drug-likeness (QED) is 0.643. The zero-order valence-electron chi connectivity index (χ0n) is 13.5. The van der Waals surface area contributed by atoms with Crippen molar-refractivity contribution in [2.24, 2.45) is 0 Å². The Kier molecular flexibility index (Phi) is 6.63. The summed E-state index contributed by atoms with van der Waals surface area (Å²) < 4.78 is 30.4. The summed E-state index contributed by atoms with van der Waals surface area (Å²) in [6.07, 6.45) is 0.996. The van der Waals surface area contributed by atoms with Crippen LogP contribution in [0.4, 0.5) is 11.4 Å². The van der Waals surface area contributed by atoms with Gasteiger partial charge in [-0.25, -0.2) is 13.2 Å². The van der Waals surface area contributed by atoms with Gasteiger partial charge in [-0.15, -0.1) is 0 Å². The number of carbonyl (C=O) groups excluding carboxylic acids is 2. The highest BCUT2D eigenvalue weighted by Crippen LogP contribution is 2.25. The molecule has 0 bridgehead atoms. The number of nitrogens with one attached hydrogen (secondary N) is 2. The maximum absolute atomic E-state index is 12.0. The van der Waals surface area contributed by atoms with Crippen LogP contribution in [0.15, 0.2) is 46.9 Å². The van der Waals surface area contributed by atoms with Gasteiger partial charge in [0.2, 0.25) is 10.0 Å². The van der Waals surface area contributed by atoms with Gasteiger partial charge in [-0.2, -0.15) is 0 Å². The Morgan fingerprint density at radius 2 is 1.92 bits per heavy atom. The molecule has 2 aromatic carbocycles. The lowest BCUT2D eigenvalue weighted by atomic mass is 10.2. The van der Waals surface area contributed by atoms with Gasteiger partial charge in [0.15, 0.2) is 6.61 Å². The van der Waals surface area contributed by atoms with Crippen LogP contribution in [-0.4, -0.2) is 33.2 Å². The van der Waals surface area contributed by atoms with Gasteiger partial charge in [0.25, 0.3) is 5.91 Å². The van der Waals surface area contributed by atoms with E-state index in [0.717, 1.165) is 10.7 Å². The number of benzene rings is 2. The summed E-state index contributed by atoms with van der Waals surface area (Å²) in [5, 5.41) is 2.86. The summed E-state index contributed by atoms with van der Waals surface area (Å²) in [5.41, 5.74) is 0.705. The molecule has 2 rings (SSSR count). The minimum atomic E-state index is -3.47. The monoisotopic (exact) mass is 460 g/mol. The van der Waals surface area contributed by atoms with Crippen molar-refractivity contribution in [2.75, 3.05) is 22.9 Å². The molecule has 0 aromatic heterocycles. The Morgan fingerprint density at radius 1 is 1.19 bits per heavy atom. The molecular formula is C16H14BrClN2O5S. The van der Waals surface area contributed by atoms with Crippen molar-refractivity contribution >= 4 is 60.8 Å². The first kappa shape index (κ1) is 20.2. The van der Waals surface area contributed by atoms with Crippen molar-refractivity contribution in [1.29, 1.82) is 0 Å². The number of esters is 1. The van der Waals surface area contributed by atoms with Gasteiger partial charge in [0.05, 0.1) is 22.5 Å². The summed E-state index contributed by atoms with van der Waals surface area (Å²) in [5.74, 6) is -1.33. The topological polar surface area (TPSA) is 102 Å². The third-order valence-electron chi connectivity index (χ3n) is 2.94. The van der Waals surface area contributed by atoms with Crippen molar-refractivity contribution in [3.05, 3.63) is 57.5 Å². The van der Waals surface area contributed by atoms with Crippen LogP contribution in [0, 0.1) is 0 Å². The fraction of sp³-hybridized carbons (Fsp3) is 0.125. The summed E-state index contributed by atoms with van der Waals surface area (Å²) in [7, 11) is -3.47. The Balaban J connectivity index is 1.95. The molecule has 0 aliphatic carbocycles. The van der Waals surface area contributed by atoms with Crippen molar-refractivity contribution in [3.63, 3.8) is 0 Å². The summed E-state index contributed by atoms with van der Waals surface area (Å²) in [6.45, 7) is -0.519. The molecule has 0 saturated heterocycles. The van der Waals surface area contributed by atoms with Gasteiger partial charge in [0, 0.05) is 10.2 Å². The number of sulfonamides is 1. The van der Waals surface area contributed by atoms with Crippen LogP contribution in [0.3, 0.4) is 0 Å². The molecule has 0 atom stereocenters. The number of carbonyl (C=O) groups is 2. The highest BCUT2D eigenvalue weighted by molar-refractivity contribution is 9.10. The van der Waals surface area contributed by atoms with Gasteiger partial charge < -0.3 is 10.1 Å². The highest BCUT2D eigenvalue weighted by Gasteiger charge is 2.13. The van der Waals surface area contributed by atoms with E-state index in [1.165, 1.54) is 24.3 Å². The van der Waals surface area contributed by atoms with E-state index < -0.39 is 28.5 Å². The predicted octanol–water partition coefficient (Wildman–Crippen LogP) is 3.27. The van der Waals surface area contributed by atoms with E-state index in [2.05, 4.69) is 26.0 Å². The SMILES string of the molecule is CS(=O)(=O)Nc1cccc(C(=O)OCC(=O)Nc2ccc(Br)cc2Cl)c1. The van der Waals surface area contributed by atoms with Crippen molar-refractivity contribution < 1.29 is 22.7 Å². The fourth-order valence-corrected chi connectivity index (χ4v) is 3.19. The van der Waals surface area contributed by atoms with Gasteiger partial charge >= 0.3 is 5.97 Å². The molecule has 0 radical (unpaired) electrons. The standard InChI is InChI=1S/C16H14BrClN2O5S/c1-26(23,24)20-12-4-2-3-10(7-12)16(22)25-9-15(21)19-14-6-5-11(17)8-13(14)18/h2-8,20H,9H2,1H3,(H,19,21). The molecule has 1 amide bonds. The number of amides is 1. The first-order valence-electron chi connectivity index (χ1n) is 7.14. The highest BCUT2D eigenvalue weighted by atomic mass is 79.9. The van der Waals surface area contributed by atoms with Crippen molar-refractivity contribution in [1.82, 2.24) is 0 Å². The molecule has 26 heavy (non-hydrogen) atoms. The summed E-state index contributed by atoms with van der Waals surface area (Å²) in [6, 6.07) is 10.7. The number of ether oxygens (including phenoxy) is 1. The molecule has 7 nitrogen and oxygen atoms in total. The zero-order chi connectivity index (χ0) is 19.3. The number of hydrogen-bond acceptors (Lipinski definition) is 5. The number of anilines is 2. The number of halogens is 2. The summed E-state index contributed by atoms with van der Waals surface area (Å²) in [4.78, 5) is 23.9. The van der Waals surface area contributed by atoms with E-state index in [0.29, 0.717) is 10.7 Å². The normalized spacial score (nSPS) is 10.9. The molecule has 2 N–H and O–H groups in total. The molecule has 10 heteroatoms. The molecule has 0 fully saturated rings. The lowest BCUT2D eigenvalue weighted by Crippen LogP contribution is -2.21. The molecule has 2 aromatic rings. The Bertz CT molecular complexity index is 949. The molecule has 0 spiro atoms. The first-order valence-corrected chi connectivity index (χ1v) is 10.2. The fourth-order valence-electron chi connectivity index (χ4n) is 1.92. The lowest BCUT2D eigenvalue weighted by molar-refractivity contribution is -0.119. The molecule has 0 aliphatic rings. The van der Waals surface area contributed by atoms with Crippen LogP contribution in [0.5, 0.6) is 0 Å². The lowest BCUT2D eigenvalue weighted by Gasteiger charge is -2.09. The maximum Gasteiger partial charge on any atom is 0.338 e. The Labute approximate surface area is 163 Å². The second kappa shape index (κ2) is 8.52. The smallest absolute Gasteiger partial charge is 0.338 e. The third-order valence-corrected chi connectivity index (χ3v) is 4.35. The second-order valence-electron chi connectivity index (χ2n) is 5.20. The zero-order valence-corrected chi connectivity index (χ0v) is 16.6. The molecule has 0 saturated carbocycles. The molecular weight excluding hydrogens is 448 g/mol. The van der Waals surface area contributed by atoms with Crippen LogP contribution >= 0.6 is 27.5 Å². The van der Waals surface area contributed by atoms with E-state index in [4.69, 9.17) is 16.3 Å². The number of rotatable bonds is 6. The molecule has 0 heterocycles. The number of hydrogen-bond donors (Lipinski definition) is 2. The van der Waals surface area contributed by atoms with Gasteiger partial charge in [-0.1, -0.05) is 33.6 Å². The minimum Gasteiger partial charge on any atom is -0.452 e. The van der Waals surface area contributed by atoms with Crippen molar-refractivity contribution in [2.45, 2.75) is 0 Å². The minimum absolute atomic E-state index is 0.105. The van der Waals surface area contributed by atoms with Crippen LogP contribution < -0.4 is 10.0 Å². The van der Waals surface area contributed by atoms with Gasteiger partial charge in [0.1, 0.15) is 0 Å².